The Morgan fingerprint density at radius 2 is 1.81 bits per heavy atom. The van der Waals surface area contributed by atoms with Crippen LogP contribution < -0.4 is 5.32 Å². The van der Waals surface area contributed by atoms with Crippen molar-refractivity contribution < 1.29 is 14.5 Å². The minimum absolute atomic E-state index is 0.0251. The number of rotatable bonds is 4. The molecule has 1 N–H and O–H groups in total. The van der Waals surface area contributed by atoms with Gasteiger partial charge >= 0.3 is 5.69 Å². The van der Waals surface area contributed by atoms with E-state index in [9.17, 15) is 19.7 Å². The number of hydrogen-bond donors (Lipinski definition) is 1. The second kappa shape index (κ2) is 7.34. The number of piperidine rings is 1. The monoisotopic (exact) mass is 357 g/mol. The van der Waals surface area contributed by atoms with E-state index in [2.05, 4.69) is 10.4 Å². The Morgan fingerprint density at radius 1 is 1.15 bits per heavy atom. The maximum Gasteiger partial charge on any atom is 0.320 e. The lowest BCUT2D eigenvalue weighted by Crippen LogP contribution is -2.35. The standard InChI is InChI=1S/C17H19N5O4/c1-20-11-14(22(25)26)15(19-20)16(23)18-13-7-5-12(6-8-13)17(24)21-9-3-2-4-10-21/h5-8,11H,2-4,9-10H2,1H3,(H,18,23). The minimum Gasteiger partial charge on any atom is -0.339 e. The summed E-state index contributed by atoms with van der Waals surface area (Å²) in [6, 6.07) is 6.48. The van der Waals surface area contributed by atoms with E-state index in [1.807, 2.05) is 4.90 Å². The van der Waals surface area contributed by atoms with Crippen LogP contribution in [-0.2, 0) is 7.05 Å². The van der Waals surface area contributed by atoms with Gasteiger partial charge in [-0.3, -0.25) is 24.4 Å². The second-order valence-corrected chi connectivity index (χ2v) is 6.18. The zero-order valence-corrected chi connectivity index (χ0v) is 14.3. The van der Waals surface area contributed by atoms with Crippen molar-refractivity contribution in [1.29, 1.82) is 0 Å². The lowest BCUT2D eigenvalue weighted by Gasteiger charge is -2.26. The summed E-state index contributed by atoms with van der Waals surface area (Å²) >= 11 is 0. The van der Waals surface area contributed by atoms with Crippen LogP contribution in [0.15, 0.2) is 30.5 Å². The molecule has 0 saturated carbocycles. The molecule has 0 radical (unpaired) electrons. The Hall–Kier alpha value is -3.23. The maximum atomic E-state index is 12.4. The SMILES string of the molecule is Cn1cc([N+](=O)[O-])c(C(=O)Nc2ccc(C(=O)N3CCCCC3)cc2)n1. The zero-order chi connectivity index (χ0) is 18.7. The number of aromatic nitrogens is 2. The predicted molar refractivity (Wildman–Crippen MR) is 94.0 cm³/mol. The molecule has 1 aliphatic rings. The summed E-state index contributed by atoms with van der Waals surface area (Å²) in [6.45, 7) is 1.53. The first-order chi connectivity index (χ1) is 12.5. The number of hydrogen-bond acceptors (Lipinski definition) is 5. The van der Waals surface area contributed by atoms with Crippen LogP contribution in [0.5, 0.6) is 0 Å². The molecule has 0 atom stereocenters. The van der Waals surface area contributed by atoms with Crippen LogP contribution in [0.1, 0.15) is 40.1 Å². The van der Waals surface area contributed by atoms with E-state index in [-0.39, 0.29) is 17.3 Å². The smallest absolute Gasteiger partial charge is 0.320 e. The number of nitrogens with zero attached hydrogens (tertiary/aromatic N) is 4. The third kappa shape index (κ3) is 3.71. The Kier molecular flexibility index (Phi) is 4.97. The van der Waals surface area contributed by atoms with Crippen LogP contribution in [0.3, 0.4) is 0 Å². The Balaban J connectivity index is 1.70. The third-order valence-electron chi connectivity index (χ3n) is 4.25. The van der Waals surface area contributed by atoms with E-state index in [1.165, 1.54) is 17.9 Å². The van der Waals surface area contributed by atoms with Crippen LogP contribution in [-0.4, -0.2) is 44.5 Å². The van der Waals surface area contributed by atoms with Crippen LogP contribution in [0.4, 0.5) is 11.4 Å². The highest BCUT2D eigenvalue weighted by Crippen LogP contribution is 2.19. The molecule has 3 rings (SSSR count). The van der Waals surface area contributed by atoms with E-state index in [0.29, 0.717) is 11.3 Å². The zero-order valence-electron chi connectivity index (χ0n) is 14.3. The molecule has 2 heterocycles. The first-order valence-corrected chi connectivity index (χ1v) is 8.34. The number of benzene rings is 1. The Morgan fingerprint density at radius 3 is 2.42 bits per heavy atom. The van der Waals surface area contributed by atoms with Crippen molar-refractivity contribution in [3.63, 3.8) is 0 Å². The summed E-state index contributed by atoms with van der Waals surface area (Å²) in [5, 5.41) is 17.4. The van der Waals surface area contributed by atoms with Crippen LogP contribution in [0.2, 0.25) is 0 Å². The maximum absolute atomic E-state index is 12.4. The molecule has 136 valence electrons. The first kappa shape index (κ1) is 17.6. The third-order valence-corrected chi connectivity index (χ3v) is 4.25. The molecule has 0 bridgehead atoms. The predicted octanol–water partition coefficient (Wildman–Crippen LogP) is 2.21. The summed E-state index contributed by atoms with van der Waals surface area (Å²) in [5.74, 6) is -0.699. The molecule has 2 aromatic rings. The molecule has 26 heavy (non-hydrogen) atoms. The van der Waals surface area contributed by atoms with Gasteiger partial charge in [0.05, 0.1) is 4.92 Å². The molecule has 1 aromatic heterocycles. The number of nitrogens with one attached hydrogen (secondary N) is 1. The number of likely N-dealkylation sites (tertiary alicyclic amines) is 1. The fourth-order valence-electron chi connectivity index (χ4n) is 2.94. The molecule has 1 fully saturated rings. The number of nitro groups is 1. The van der Waals surface area contributed by atoms with Crippen molar-refractivity contribution in [1.82, 2.24) is 14.7 Å². The van der Waals surface area contributed by atoms with Crippen molar-refractivity contribution in [2.24, 2.45) is 7.05 Å². The lowest BCUT2D eigenvalue weighted by atomic mass is 10.1. The van der Waals surface area contributed by atoms with Gasteiger partial charge in [-0.2, -0.15) is 5.10 Å². The normalized spacial score (nSPS) is 14.1. The number of amides is 2. The van der Waals surface area contributed by atoms with Gasteiger partial charge in [-0.15, -0.1) is 0 Å². The van der Waals surface area contributed by atoms with Gasteiger partial charge in [-0.1, -0.05) is 0 Å². The molecule has 2 amide bonds. The van der Waals surface area contributed by atoms with Gasteiger partial charge < -0.3 is 10.2 Å². The number of anilines is 1. The van der Waals surface area contributed by atoms with Gasteiger partial charge in [0.1, 0.15) is 6.20 Å². The van der Waals surface area contributed by atoms with E-state index in [1.54, 1.807) is 24.3 Å². The number of carbonyl (C=O) groups is 2. The van der Waals surface area contributed by atoms with E-state index >= 15 is 0 Å². The molecular weight excluding hydrogens is 338 g/mol. The van der Waals surface area contributed by atoms with E-state index in [0.717, 1.165) is 32.4 Å². The van der Waals surface area contributed by atoms with Crippen molar-refractivity contribution in [3.05, 3.63) is 51.8 Å². The summed E-state index contributed by atoms with van der Waals surface area (Å²) in [7, 11) is 1.50. The second-order valence-electron chi connectivity index (χ2n) is 6.18. The largest absolute Gasteiger partial charge is 0.339 e. The summed E-state index contributed by atoms with van der Waals surface area (Å²) in [6.07, 6.45) is 4.36. The van der Waals surface area contributed by atoms with E-state index < -0.39 is 10.8 Å². The average molecular weight is 357 g/mol. The van der Waals surface area contributed by atoms with Crippen molar-refractivity contribution in [3.8, 4) is 0 Å². The van der Waals surface area contributed by atoms with Crippen molar-refractivity contribution in [2.75, 3.05) is 18.4 Å². The highest BCUT2D eigenvalue weighted by molar-refractivity contribution is 6.05. The van der Waals surface area contributed by atoms with Crippen LogP contribution >= 0.6 is 0 Å². The number of aryl methyl sites for hydroxylation is 1. The fourth-order valence-corrected chi connectivity index (χ4v) is 2.94. The van der Waals surface area contributed by atoms with Crippen molar-refractivity contribution >= 4 is 23.2 Å². The highest BCUT2D eigenvalue weighted by atomic mass is 16.6. The first-order valence-electron chi connectivity index (χ1n) is 8.34. The summed E-state index contributed by atoms with van der Waals surface area (Å²) < 4.78 is 1.22. The van der Waals surface area contributed by atoms with Gasteiger partial charge in [-0.05, 0) is 43.5 Å². The van der Waals surface area contributed by atoms with Gasteiger partial charge in [-0.25, -0.2) is 0 Å². The molecule has 9 nitrogen and oxygen atoms in total. The molecule has 0 aliphatic carbocycles. The molecule has 1 aliphatic heterocycles. The molecule has 1 aromatic carbocycles. The fraction of sp³-hybridized carbons (Fsp3) is 0.353. The summed E-state index contributed by atoms with van der Waals surface area (Å²) in [5.41, 5.74) is 0.367. The minimum atomic E-state index is -0.674. The lowest BCUT2D eigenvalue weighted by molar-refractivity contribution is -0.385. The van der Waals surface area contributed by atoms with Crippen LogP contribution in [0.25, 0.3) is 0 Å². The molecular formula is C17H19N5O4. The van der Waals surface area contributed by atoms with Gasteiger partial charge in [0.2, 0.25) is 5.69 Å². The molecule has 0 spiro atoms. The Bertz CT molecular complexity index is 837. The topological polar surface area (TPSA) is 110 Å². The van der Waals surface area contributed by atoms with Crippen molar-refractivity contribution in [2.45, 2.75) is 19.3 Å². The molecule has 1 saturated heterocycles. The quantitative estimate of drug-likeness (QED) is 0.666. The van der Waals surface area contributed by atoms with Gasteiger partial charge in [0.25, 0.3) is 11.8 Å². The highest BCUT2D eigenvalue weighted by Gasteiger charge is 2.25. The summed E-state index contributed by atoms with van der Waals surface area (Å²) in [4.78, 5) is 36.8. The Labute approximate surface area is 149 Å². The average Bonchev–Trinajstić information content (AvgIpc) is 3.05. The van der Waals surface area contributed by atoms with Gasteiger partial charge in [0, 0.05) is 31.4 Å². The molecule has 0 unspecified atom stereocenters. The van der Waals surface area contributed by atoms with Gasteiger partial charge in [0.15, 0.2) is 0 Å². The van der Waals surface area contributed by atoms with E-state index in [4.69, 9.17) is 0 Å². The van der Waals surface area contributed by atoms with Crippen LogP contribution in [0, 0.1) is 10.1 Å². The number of carbonyl (C=O) groups excluding carboxylic acids is 2. The molecule has 9 heteroatoms.